The quantitative estimate of drug-likeness (QED) is 0.690. The molecule has 2 N–H and O–H groups in total. The van der Waals surface area contributed by atoms with Gasteiger partial charge >= 0.3 is 5.97 Å². The minimum Gasteiger partial charge on any atom is -0.480 e. The highest BCUT2D eigenvalue weighted by molar-refractivity contribution is 7.09. The summed E-state index contributed by atoms with van der Waals surface area (Å²) in [5, 5.41) is 14.9. The lowest BCUT2D eigenvalue weighted by Crippen LogP contribution is -2.55. The molecule has 1 heterocycles. The molecule has 7 heteroatoms. The highest BCUT2D eigenvalue weighted by Gasteiger charge is 2.34. The van der Waals surface area contributed by atoms with Crippen molar-refractivity contribution < 1.29 is 14.7 Å². The Bertz CT molecular complexity index is 772. The Labute approximate surface area is 163 Å². The zero-order valence-electron chi connectivity index (χ0n) is 15.4. The monoisotopic (exact) mass is 387 g/mol. The molecule has 0 unspecified atom stereocenters. The molecule has 6 nitrogen and oxygen atoms in total. The van der Waals surface area contributed by atoms with Crippen LogP contribution in [0.2, 0.25) is 0 Å². The van der Waals surface area contributed by atoms with Crippen LogP contribution in [0.5, 0.6) is 0 Å². The van der Waals surface area contributed by atoms with Crippen LogP contribution < -0.4 is 5.32 Å². The smallest absolute Gasteiger partial charge is 0.317 e. The molecule has 3 rings (SSSR count). The Kier molecular flexibility index (Phi) is 6.58. The SMILES string of the molecule is CCN(CC(=O)O)C1CC(NC(=O)Cc2csc(Cc3ccccc3)n2)C1. The molecule has 1 aromatic carbocycles. The maximum Gasteiger partial charge on any atom is 0.317 e. The minimum atomic E-state index is -0.806. The van der Waals surface area contributed by atoms with Crippen LogP contribution in [-0.2, 0) is 22.4 Å². The number of amides is 1. The van der Waals surface area contributed by atoms with Gasteiger partial charge in [-0.15, -0.1) is 11.3 Å². The van der Waals surface area contributed by atoms with Crippen molar-refractivity contribution >= 4 is 23.2 Å². The van der Waals surface area contributed by atoms with E-state index in [-0.39, 0.29) is 24.5 Å². The van der Waals surface area contributed by atoms with Crippen molar-refractivity contribution in [1.29, 1.82) is 0 Å². The highest BCUT2D eigenvalue weighted by atomic mass is 32.1. The summed E-state index contributed by atoms with van der Waals surface area (Å²) in [4.78, 5) is 29.6. The second-order valence-corrected chi connectivity index (χ2v) is 7.86. The number of aliphatic carboxylic acids is 1. The van der Waals surface area contributed by atoms with Gasteiger partial charge in [-0.1, -0.05) is 37.3 Å². The maximum atomic E-state index is 12.3. The number of hydrogen-bond acceptors (Lipinski definition) is 5. The van der Waals surface area contributed by atoms with Gasteiger partial charge in [0, 0.05) is 23.9 Å². The van der Waals surface area contributed by atoms with Crippen molar-refractivity contribution in [1.82, 2.24) is 15.2 Å². The summed E-state index contributed by atoms with van der Waals surface area (Å²) < 4.78 is 0. The van der Waals surface area contributed by atoms with Gasteiger partial charge in [-0.05, 0) is 24.9 Å². The second kappa shape index (κ2) is 9.10. The van der Waals surface area contributed by atoms with E-state index in [4.69, 9.17) is 5.11 Å². The number of carboxylic acids is 1. The fraction of sp³-hybridized carbons (Fsp3) is 0.450. The molecule has 1 saturated carbocycles. The third-order valence-electron chi connectivity index (χ3n) is 4.88. The number of nitrogens with zero attached hydrogens (tertiary/aromatic N) is 2. The van der Waals surface area contributed by atoms with Crippen LogP contribution in [0, 0.1) is 0 Å². The van der Waals surface area contributed by atoms with E-state index in [1.54, 1.807) is 11.3 Å². The van der Waals surface area contributed by atoms with Crippen molar-refractivity contribution in [2.75, 3.05) is 13.1 Å². The predicted octanol–water partition coefficient (Wildman–Crippen LogP) is 2.33. The average Bonchev–Trinajstić information content (AvgIpc) is 3.03. The van der Waals surface area contributed by atoms with Crippen LogP contribution in [0.25, 0.3) is 0 Å². The van der Waals surface area contributed by atoms with Crippen LogP contribution in [0.15, 0.2) is 35.7 Å². The summed E-state index contributed by atoms with van der Waals surface area (Å²) in [5.41, 5.74) is 2.02. The molecule has 144 valence electrons. The lowest BCUT2D eigenvalue weighted by molar-refractivity contribution is -0.139. The van der Waals surface area contributed by atoms with Gasteiger partial charge in [0.05, 0.1) is 23.7 Å². The summed E-state index contributed by atoms with van der Waals surface area (Å²) >= 11 is 1.58. The van der Waals surface area contributed by atoms with Crippen LogP contribution in [0.4, 0.5) is 0 Å². The van der Waals surface area contributed by atoms with Crippen molar-refractivity contribution in [3.05, 3.63) is 52.0 Å². The molecule has 0 atom stereocenters. The molecule has 0 bridgehead atoms. The van der Waals surface area contributed by atoms with Crippen molar-refractivity contribution in [3.8, 4) is 0 Å². The number of aromatic nitrogens is 1. The van der Waals surface area contributed by atoms with Crippen molar-refractivity contribution in [2.24, 2.45) is 0 Å². The predicted molar refractivity (Wildman–Crippen MR) is 105 cm³/mol. The number of thiazole rings is 1. The molecular weight excluding hydrogens is 362 g/mol. The fourth-order valence-corrected chi connectivity index (χ4v) is 4.23. The first-order valence-electron chi connectivity index (χ1n) is 9.26. The topological polar surface area (TPSA) is 82.5 Å². The normalized spacial score (nSPS) is 18.9. The summed E-state index contributed by atoms with van der Waals surface area (Å²) in [5.74, 6) is -0.824. The van der Waals surface area contributed by atoms with Crippen LogP contribution in [-0.4, -0.2) is 52.0 Å². The molecule has 0 spiro atoms. The molecule has 0 saturated heterocycles. The van der Waals surface area contributed by atoms with E-state index in [1.807, 2.05) is 35.4 Å². The van der Waals surface area contributed by atoms with Gasteiger partial charge in [0.1, 0.15) is 0 Å². The van der Waals surface area contributed by atoms with E-state index in [0.717, 1.165) is 30.0 Å². The summed E-state index contributed by atoms with van der Waals surface area (Å²) in [6.45, 7) is 2.73. The number of likely N-dealkylation sites (N-methyl/N-ethyl adjacent to an activating group) is 1. The van der Waals surface area contributed by atoms with Gasteiger partial charge in [-0.25, -0.2) is 4.98 Å². The molecule has 1 fully saturated rings. The number of nitrogens with one attached hydrogen (secondary N) is 1. The Hall–Kier alpha value is -2.25. The standard InChI is InChI=1S/C20H25N3O3S/c1-2-23(12-20(25)26)17-9-15(10-17)21-18(24)11-16-13-27-19(22-16)8-14-6-4-3-5-7-14/h3-7,13,15,17H,2,8-12H2,1H3,(H,21,24)(H,25,26). The van der Waals surface area contributed by atoms with Gasteiger partial charge in [0.25, 0.3) is 0 Å². The Morgan fingerprint density at radius 3 is 2.70 bits per heavy atom. The number of benzene rings is 1. The Morgan fingerprint density at radius 2 is 2.04 bits per heavy atom. The number of carboxylic acid groups (broad SMARTS) is 1. The molecule has 1 aliphatic carbocycles. The molecule has 0 radical (unpaired) electrons. The van der Waals surface area contributed by atoms with Crippen molar-refractivity contribution in [2.45, 2.75) is 44.7 Å². The van der Waals surface area contributed by atoms with Crippen molar-refractivity contribution in [3.63, 3.8) is 0 Å². The minimum absolute atomic E-state index is 0.0173. The number of carbonyl (C=O) groups excluding carboxylic acids is 1. The first kappa shape index (κ1) is 19.5. The first-order chi connectivity index (χ1) is 13.0. The first-order valence-corrected chi connectivity index (χ1v) is 10.1. The van der Waals surface area contributed by atoms with Gasteiger partial charge in [0.15, 0.2) is 0 Å². The van der Waals surface area contributed by atoms with Crippen LogP contribution in [0.1, 0.15) is 36.0 Å². The fourth-order valence-electron chi connectivity index (χ4n) is 3.40. The second-order valence-electron chi connectivity index (χ2n) is 6.92. The van der Waals surface area contributed by atoms with E-state index < -0.39 is 5.97 Å². The largest absolute Gasteiger partial charge is 0.480 e. The van der Waals surface area contributed by atoms with E-state index in [2.05, 4.69) is 22.4 Å². The molecule has 0 aliphatic heterocycles. The molecule has 2 aromatic rings. The third kappa shape index (κ3) is 5.61. The Balaban J connectivity index is 1.42. The number of rotatable bonds is 9. The van der Waals surface area contributed by atoms with Gasteiger partial charge in [-0.2, -0.15) is 0 Å². The van der Waals surface area contributed by atoms with Crippen LogP contribution in [0.3, 0.4) is 0 Å². The lowest BCUT2D eigenvalue weighted by Gasteiger charge is -2.42. The molecule has 1 aromatic heterocycles. The van der Waals surface area contributed by atoms with E-state index in [0.29, 0.717) is 13.0 Å². The molecular formula is C20H25N3O3S. The Morgan fingerprint density at radius 1 is 1.30 bits per heavy atom. The number of carbonyl (C=O) groups is 2. The summed E-state index contributed by atoms with van der Waals surface area (Å²) in [7, 11) is 0. The summed E-state index contributed by atoms with van der Waals surface area (Å²) in [6, 6.07) is 10.5. The zero-order chi connectivity index (χ0) is 19.2. The maximum absolute atomic E-state index is 12.3. The van der Waals surface area contributed by atoms with E-state index >= 15 is 0 Å². The van der Waals surface area contributed by atoms with Gasteiger partial charge in [-0.3, -0.25) is 14.5 Å². The molecule has 1 amide bonds. The number of hydrogen-bond donors (Lipinski definition) is 2. The van der Waals surface area contributed by atoms with E-state index in [9.17, 15) is 9.59 Å². The average molecular weight is 388 g/mol. The van der Waals surface area contributed by atoms with E-state index in [1.165, 1.54) is 5.56 Å². The zero-order valence-corrected chi connectivity index (χ0v) is 16.2. The lowest BCUT2D eigenvalue weighted by atomic mass is 9.85. The molecule has 1 aliphatic rings. The summed E-state index contributed by atoms with van der Waals surface area (Å²) in [6.07, 6.45) is 2.69. The molecule has 27 heavy (non-hydrogen) atoms. The van der Waals surface area contributed by atoms with Gasteiger partial charge in [0.2, 0.25) is 5.91 Å². The van der Waals surface area contributed by atoms with Gasteiger partial charge < -0.3 is 10.4 Å². The third-order valence-corrected chi connectivity index (χ3v) is 5.78. The highest BCUT2D eigenvalue weighted by Crippen LogP contribution is 2.25. The van der Waals surface area contributed by atoms with Crippen LogP contribution >= 0.6 is 11.3 Å².